The molecule has 1 N–H and O–H groups in total. The smallest absolute Gasteiger partial charge is 0.244 e. The van der Waals surface area contributed by atoms with Crippen LogP contribution in [0.5, 0.6) is 11.5 Å². The van der Waals surface area contributed by atoms with E-state index < -0.39 is 0 Å². The minimum Gasteiger partial charge on any atom is -0.493 e. The Bertz CT molecular complexity index is 1100. The molecule has 1 amide bonds. The van der Waals surface area contributed by atoms with E-state index in [0.717, 1.165) is 45.9 Å². The lowest BCUT2D eigenvalue weighted by Gasteiger charge is -2.10. The van der Waals surface area contributed by atoms with Crippen LogP contribution in [0.4, 0.5) is 0 Å². The third-order valence-electron chi connectivity index (χ3n) is 5.22. The number of aromatic nitrogens is 2. The van der Waals surface area contributed by atoms with Crippen molar-refractivity contribution in [1.82, 2.24) is 14.9 Å². The highest BCUT2D eigenvalue weighted by molar-refractivity contribution is 5.92. The van der Waals surface area contributed by atoms with Gasteiger partial charge in [-0.05, 0) is 51.1 Å². The van der Waals surface area contributed by atoms with E-state index in [2.05, 4.69) is 21.8 Å². The summed E-state index contributed by atoms with van der Waals surface area (Å²) in [4.78, 5) is 16.9. The number of fused-ring (bicyclic) bond motifs is 2. The largest absolute Gasteiger partial charge is 0.493 e. The second-order valence-corrected chi connectivity index (χ2v) is 7.49. The maximum Gasteiger partial charge on any atom is 0.244 e. The van der Waals surface area contributed by atoms with Crippen molar-refractivity contribution in [3.8, 4) is 11.5 Å². The number of aryl methyl sites for hydroxylation is 1. The van der Waals surface area contributed by atoms with Crippen LogP contribution in [0.15, 0.2) is 42.5 Å². The molecule has 0 radical (unpaired) electrons. The van der Waals surface area contributed by atoms with E-state index in [1.165, 1.54) is 0 Å². The SMILES string of the molecule is CCOc1cc2c(cc1/C=C/C(=O)NCCn1c(C)nc3ccccc31)OC(C)C2. The highest BCUT2D eigenvalue weighted by atomic mass is 16.5. The van der Waals surface area contributed by atoms with Crippen molar-refractivity contribution in [2.24, 2.45) is 0 Å². The zero-order valence-electron chi connectivity index (χ0n) is 17.6. The predicted molar refractivity (Wildman–Crippen MR) is 118 cm³/mol. The van der Waals surface area contributed by atoms with Gasteiger partial charge in [0.2, 0.25) is 5.91 Å². The van der Waals surface area contributed by atoms with Crippen molar-refractivity contribution in [3.05, 3.63) is 59.4 Å². The highest BCUT2D eigenvalue weighted by Crippen LogP contribution is 2.35. The van der Waals surface area contributed by atoms with Crippen molar-refractivity contribution >= 4 is 23.0 Å². The Hall–Kier alpha value is -3.28. The Labute approximate surface area is 176 Å². The van der Waals surface area contributed by atoms with E-state index in [1.807, 2.05) is 50.2 Å². The van der Waals surface area contributed by atoms with Crippen molar-refractivity contribution < 1.29 is 14.3 Å². The number of imidazole rings is 1. The van der Waals surface area contributed by atoms with Gasteiger partial charge < -0.3 is 19.4 Å². The minimum absolute atomic E-state index is 0.144. The topological polar surface area (TPSA) is 65.4 Å². The third kappa shape index (κ3) is 4.17. The van der Waals surface area contributed by atoms with Crippen LogP contribution < -0.4 is 14.8 Å². The normalized spacial score (nSPS) is 15.4. The number of carbonyl (C=O) groups is 1. The predicted octanol–water partition coefficient (Wildman–Crippen LogP) is 3.90. The number of benzene rings is 2. The minimum atomic E-state index is -0.144. The number of ether oxygens (including phenoxy) is 2. The second-order valence-electron chi connectivity index (χ2n) is 7.49. The lowest BCUT2D eigenvalue weighted by molar-refractivity contribution is -0.116. The molecule has 6 nitrogen and oxygen atoms in total. The maximum atomic E-state index is 12.4. The molecule has 1 aliphatic heterocycles. The summed E-state index contributed by atoms with van der Waals surface area (Å²) in [6.45, 7) is 7.74. The Morgan fingerprint density at radius 2 is 2.20 bits per heavy atom. The molecule has 0 aliphatic carbocycles. The van der Waals surface area contributed by atoms with E-state index in [4.69, 9.17) is 9.47 Å². The molecule has 4 rings (SSSR count). The number of rotatable bonds is 7. The first-order valence-corrected chi connectivity index (χ1v) is 10.4. The molecular weight excluding hydrogens is 378 g/mol. The number of carbonyl (C=O) groups excluding carboxylic acids is 1. The molecule has 1 atom stereocenters. The summed E-state index contributed by atoms with van der Waals surface area (Å²) < 4.78 is 13.7. The summed E-state index contributed by atoms with van der Waals surface area (Å²) in [6.07, 6.45) is 4.37. The number of hydrogen-bond acceptors (Lipinski definition) is 4. The first-order valence-electron chi connectivity index (χ1n) is 10.4. The van der Waals surface area contributed by atoms with E-state index in [1.54, 1.807) is 12.2 Å². The van der Waals surface area contributed by atoms with Gasteiger partial charge in [-0.2, -0.15) is 0 Å². The quantitative estimate of drug-likeness (QED) is 0.606. The Morgan fingerprint density at radius 3 is 3.03 bits per heavy atom. The van der Waals surface area contributed by atoms with Gasteiger partial charge in [-0.3, -0.25) is 4.79 Å². The van der Waals surface area contributed by atoms with Crippen molar-refractivity contribution in [1.29, 1.82) is 0 Å². The number of nitrogens with zero attached hydrogens (tertiary/aromatic N) is 2. The average Bonchev–Trinajstić information content (AvgIpc) is 3.24. The maximum absolute atomic E-state index is 12.4. The summed E-state index contributed by atoms with van der Waals surface area (Å²) in [6, 6.07) is 12.0. The number of hydrogen-bond donors (Lipinski definition) is 1. The van der Waals surface area contributed by atoms with Gasteiger partial charge in [-0.15, -0.1) is 0 Å². The summed E-state index contributed by atoms with van der Waals surface area (Å²) in [5.41, 5.74) is 4.04. The molecule has 3 aromatic rings. The molecule has 1 aromatic heterocycles. The van der Waals surface area contributed by atoms with Gasteiger partial charge in [-0.1, -0.05) is 12.1 Å². The Morgan fingerprint density at radius 1 is 1.37 bits per heavy atom. The Kier molecular flexibility index (Phi) is 5.74. The van der Waals surface area contributed by atoms with E-state index in [0.29, 0.717) is 19.7 Å². The first-order chi connectivity index (χ1) is 14.5. The van der Waals surface area contributed by atoms with Crippen molar-refractivity contribution in [2.75, 3.05) is 13.2 Å². The van der Waals surface area contributed by atoms with Gasteiger partial charge in [-0.25, -0.2) is 4.98 Å². The summed E-state index contributed by atoms with van der Waals surface area (Å²) in [7, 11) is 0. The standard InChI is InChI=1S/C24H27N3O3/c1-4-29-22-15-19-13-16(2)30-23(19)14-18(22)9-10-24(28)25-11-12-27-17(3)26-20-7-5-6-8-21(20)27/h5-10,14-16H,4,11-13H2,1-3H3,(H,25,28)/b10-9+. The summed E-state index contributed by atoms with van der Waals surface area (Å²) in [5.74, 6) is 2.44. The molecule has 0 fully saturated rings. The van der Waals surface area contributed by atoms with Gasteiger partial charge in [0.25, 0.3) is 0 Å². The monoisotopic (exact) mass is 405 g/mol. The van der Waals surface area contributed by atoms with Crippen LogP contribution in [0.1, 0.15) is 30.8 Å². The fourth-order valence-electron chi connectivity index (χ4n) is 3.86. The van der Waals surface area contributed by atoms with Crippen molar-refractivity contribution in [3.63, 3.8) is 0 Å². The molecule has 2 heterocycles. The van der Waals surface area contributed by atoms with Crippen LogP contribution in [0.3, 0.4) is 0 Å². The molecule has 156 valence electrons. The number of para-hydroxylation sites is 2. The molecule has 0 spiro atoms. The molecule has 2 aromatic carbocycles. The zero-order chi connectivity index (χ0) is 21.1. The lowest BCUT2D eigenvalue weighted by atomic mass is 10.1. The Balaban J connectivity index is 1.40. The first kappa shape index (κ1) is 20.0. The fourth-order valence-corrected chi connectivity index (χ4v) is 3.86. The summed E-state index contributed by atoms with van der Waals surface area (Å²) >= 11 is 0. The number of nitrogens with one attached hydrogen (secondary N) is 1. The number of amides is 1. The zero-order valence-corrected chi connectivity index (χ0v) is 17.6. The van der Waals surface area contributed by atoms with Crippen LogP contribution in [-0.4, -0.2) is 34.7 Å². The highest BCUT2D eigenvalue weighted by Gasteiger charge is 2.21. The van der Waals surface area contributed by atoms with Gasteiger partial charge >= 0.3 is 0 Å². The van der Waals surface area contributed by atoms with E-state index >= 15 is 0 Å². The van der Waals surface area contributed by atoms with Crippen LogP contribution in [0.2, 0.25) is 0 Å². The van der Waals surface area contributed by atoms with Crippen molar-refractivity contribution in [2.45, 2.75) is 39.8 Å². The van der Waals surface area contributed by atoms with E-state index in [9.17, 15) is 4.79 Å². The molecule has 30 heavy (non-hydrogen) atoms. The molecule has 0 saturated carbocycles. The fraction of sp³-hybridized carbons (Fsp3) is 0.333. The molecule has 1 unspecified atom stereocenters. The molecule has 0 saturated heterocycles. The van der Waals surface area contributed by atoms with Crippen LogP contribution in [-0.2, 0) is 17.8 Å². The molecule has 1 aliphatic rings. The lowest BCUT2D eigenvalue weighted by Crippen LogP contribution is -2.25. The molecule has 6 heteroatoms. The van der Waals surface area contributed by atoms with Gasteiger partial charge in [0.15, 0.2) is 0 Å². The third-order valence-corrected chi connectivity index (χ3v) is 5.22. The van der Waals surface area contributed by atoms with E-state index in [-0.39, 0.29) is 12.0 Å². The molecule has 0 bridgehead atoms. The average molecular weight is 405 g/mol. The molecular formula is C24H27N3O3. The van der Waals surface area contributed by atoms with Crippen LogP contribution in [0, 0.1) is 6.92 Å². The van der Waals surface area contributed by atoms with Gasteiger partial charge in [0, 0.05) is 36.7 Å². The second kappa shape index (κ2) is 8.61. The van der Waals surface area contributed by atoms with Gasteiger partial charge in [0.1, 0.15) is 23.4 Å². The van der Waals surface area contributed by atoms with Crippen LogP contribution in [0.25, 0.3) is 17.1 Å². The van der Waals surface area contributed by atoms with Gasteiger partial charge in [0.05, 0.1) is 17.6 Å². The van der Waals surface area contributed by atoms with Crippen LogP contribution >= 0.6 is 0 Å². The summed E-state index contributed by atoms with van der Waals surface area (Å²) in [5, 5.41) is 2.95.